The average molecular weight is 295 g/mol. The molecule has 0 aromatic heterocycles. The molecule has 1 aliphatic heterocycles. The van der Waals surface area contributed by atoms with E-state index in [1.54, 1.807) is 19.1 Å². The first-order valence-corrected chi connectivity index (χ1v) is 8.93. The second-order valence-electron chi connectivity index (χ2n) is 5.84. The van der Waals surface area contributed by atoms with Crippen LogP contribution in [-0.2, 0) is 9.84 Å². The molecule has 1 N–H and O–H groups in total. The Morgan fingerprint density at radius 3 is 2.70 bits per heavy atom. The monoisotopic (exact) mass is 295 g/mol. The summed E-state index contributed by atoms with van der Waals surface area (Å²) in [5, 5.41) is 9.99. The Hall–Kier alpha value is -1.07. The van der Waals surface area contributed by atoms with Gasteiger partial charge in [-0.2, -0.15) is 0 Å². The minimum atomic E-state index is -3.21. The Morgan fingerprint density at radius 2 is 2.00 bits per heavy atom. The molecule has 1 saturated heterocycles. The van der Waals surface area contributed by atoms with Crippen molar-refractivity contribution >= 4 is 15.5 Å². The third-order valence-corrected chi connectivity index (χ3v) is 6.52. The van der Waals surface area contributed by atoms with Gasteiger partial charge in [-0.15, -0.1) is 0 Å². The third kappa shape index (κ3) is 2.23. The Bertz CT molecular complexity index is 599. The first-order valence-electron chi connectivity index (χ1n) is 7.27. The van der Waals surface area contributed by atoms with Gasteiger partial charge in [0, 0.05) is 19.0 Å². The molecule has 0 amide bonds. The van der Waals surface area contributed by atoms with Crippen molar-refractivity contribution < 1.29 is 13.5 Å². The molecule has 20 heavy (non-hydrogen) atoms. The molecule has 5 heteroatoms. The lowest BCUT2D eigenvalue weighted by atomic mass is 10.00. The minimum absolute atomic E-state index is 0.118. The predicted octanol–water partition coefficient (Wildman–Crippen LogP) is 1.69. The van der Waals surface area contributed by atoms with Crippen molar-refractivity contribution in [2.45, 2.75) is 30.8 Å². The van der Waals surface area contributed by atoms with Gasteiger partial charge in [0.1, 0.15) is 0 Å². The number of sulfone groups is 1. The van der Waals surface area contributed by atoms with E-state index in [9.17, 15) is 13.5 Å². The number of hydrogen-bond acceptors (Lipinski definition) is 4. The molecular formula is C15H21NO3S. The molecule has 0 radical (unpaired) electrons. The zero-order chi connectivity index (χ0) is 14.3. The van der Waals surface area contributed by atoms with Crippen molar-refractivity contribution in [3.05, 3.63) is 24.3 Å². The van der Waals surface area contributed by atoms with Crippen molar-refractivity contribution in [2.75, 3.05) is 23.7 Å². The first-order chi connectivity index (χ1) is 9.53. The summed E-state index contributed by atoms with van der Waals surface area (Å²) >= 11 is 0. The maximum Gasteiger partial charge on any atom is 0.180 e. The third-order valence-electron chi connectivity index (χ3n) is 4.74. The van der Waals surface area contributed by atoms with Gasteiger partial charge in [0.2, 0.25) is 0 Å². The van der Waals surface area contributed by atoms with Crippen LogP contribution in [-0.4, -0.2) is 38.5 Å². The van der Waals surface area contributed by atoms with Crippen molar-refractivity contribution in [3.8, 4) is 0 Å². The highest BCUT2D eigenvalue weighted by molar-refractivity contribution is 7.91. The van der Waals surface area contributed by atoms with E-state index in [4.69, 9.17) is 0 Å². The first kappa shape index (κ1) is 13.9. The molecule has 1 aromatic rings. The van der Waals surface area contributed by atoms with Gasteiger partial charge in [0.15, 0.2) is 9.84 Å². The van der Waals surface area contributed by atoms with E-state index in [1.165, 1.54) is 0 Å². The van der Waals surface area contributed by atoms with Gasteiger partial charge in [-0.1, -0.05) is 19.1 Å². The molecule has 1 aromatic carbocycles. The Labute approximate surface area is 120 Å². The van der Waals surface area contributed by atoms with Crippen LogP contribution in [0.1, 0.15) is 19.8 Å². The lowest BCUT2D eigenvalue weighted by Gasteiger charge is -2.23. The summed E-state index contributed by atoms with van der Waals surface area (Å²) < 4.78 is 24.4. The second-order valence-corrected chi connectivity index (χ2v) is 8.09. The smallest absolute Gasteiger partial charge is 0.180 e. The number of hydrogen-bond donors (Lipinski definition) is 1. The van der Waals surface area contributed by atoms with Crippen LogP contribution in [0.5, 0.6) is 0 Å². The number of benzene rings is 1. The van der Waals surface area contributed by atoms with Crippen LogP contribution in [0.25, 0.3) is 0 Å². The average Bonchev–Trinajstić information content (AvgIpc) is 3.01. The molecule has 110 valence electrons. The second kappa shape index (κ2) is 5.04. The number of aliphatic hydroxyl groups is 1. The Morgan fingerprint density at radius 1 is 1.25 bits per heavy atom. The number of rotatable bonds is 3. The maximum absolute atomic E-state index is 12.2. The topological polar surface area (TPSA) is 57.6 Å². The van der Waals surface area contributed by atoms with Gasteiger partial charge in [0.25, 0.3) is 0 Å². The van der Waals surface area contributed by atoms with E-state index < -0.39 is 9.84 Å². The molecule has 3 rings (SSSR count). The summed E-state index contributed by atoms with van der Waals surface area (Å²) in [4.78, 5) is 2.57. The Kier molecular flexibility index (Phi) is 3.50. The highest BCUT2D eigenvalue weighted by Gasteiger charge is 2.42. The lowest BCUT2D eigenvalue weighted by Crippen LogP contribution is -2.26. The van der Waals surface area contributed by atoms with Crippen LogP contribution >= 0.6 is 0 Å². The van der Waals surface area contributed by atoms with E-state index in [1.807, 2.05) is 12.1 Å². The molecule has 1 heterocycles. The quantitative estimate of drug-likeness (QED) is 0.922. The molecule has 2 aliphatic rings. The fourth-order valence-corrected chi connectivity index (χ4v) is 4.68. The molecule has 1 aliphatic carbocycles. The van der Waals surface area contributed by atoms with Gasteiger partial charge >= 0.3 is 0 Å². The van der Waals surface area contributed by atoms with Crippen LogP contribution in [0.4, 0.5) is 5.69 Å². The summed E-state index contributed by atoms with van der Waals surface area (Å²) in [7, 11) is -3.21. The number of anilines is 1. The van der Waals surface area contributed by atoms with E-state index in [0.717, 1.165) is 31.6 Å². The van der Waals surface area contributed by atoms with Crippen LogP contribution in [0.15, 0.2) is 29.2 Å². The largest absolute Gasteiger partial charge is 0.393 e. The van der Waals surface area contributed by atoms with E-state index in [0.29, 0.717) is 16.7 Å². The summed E-state index contributed by atoms with van der Waals surface area (Å²) in [5.74, 6) is 0.919. The summed E-state index contributed by atoms with van der Waals surface area (Å²) in [6, 6.07) is 7.24. The van der Waals surface area contributed by atoms with Gasteiger partial charge in [-0.25, -0.2) is 8.42 Å². The van der Waals surface area contributed by atoms with Gasteiger partial charge in [0.05, 0.1) is 22.4 Å². The lowest BCUT2D eigenvalue weighted by molar-refractivity contribution is 0.133. The molecule has 0 bridgehead atoms. The van der Waals surface area contributed by atoms with E-state index in [-0.39, 0.29) is 11.9 Å². The highest BCUT2D eigenvalue weighted by Crippen LogP contribution is 2.41. The van der Waals surface area contributed by atoms with E-state index in [2.05, 4.69) is 4.90 Å². The Balaban J connectivity index is 1.93. The number of para-hydroxylation sites is 1. The standard InChI is InChI=1S/C15H21NO3S/c1-2-20(18,19)15-6-4-3-5-13(15)16-9-11-7-8-14(17)12(11)10-16/h3-6,11-12,14,17H,2,7-10H2,1H3. The highest BCUT2D eigenvalue weighted by atomic mass is 32.2. The van der Waals surface area contributed by atoms with Gasteiger partial charge < -0.3 is 10.0 Å². The molecule has 2 fully saturated rings. The normalized spacial score (nSPS) is 29.7. The summed E-state index contributed by atoms with van der Waals surface area (Å²) in [5.41, 5.74) is 0.802. The SMILES string of the molecule is CCS(=O)(=O)c1ccccc1N1CC2CCC(O)C2C1. The van der Waals surface area contributed by atoms with Crippen molar-refractivity contribution in [1.82, 2.24) is 0 Å². The molecule has 0 spiro atoms. The number of aliphatic hydroxyl groups excluding tert-OH is 1. The van der Waals surface area contributed by atoms with Crippen molar-refractivity contribution in [3.63, 3.8) is 0 Å². The molecule has 3 atom stereocenters. The predicted molar refractivity (Wildman–Crippen MR) is 78.6 cm³/mol. The number of nitrogens with zero attached hydrogens (tertiary/aromatic N) is 1. The minimum Gasteiger partial charge on any atom is -0.393 e. The maximum atomic E-state index is 12.2. The fraction of sp³-hybridized carbons (Fsp3) is 0.600. The molecule has 3 unspecified atom stereocenters. The van der Waals surface area contributed by atoms with Crippen LogP contribution < -0.4 is 4.90 Å². The zero-order valence-electron chi connectivity index (χ0n) is 11.7. The number of fused-ring (bicyclic) bond motifs is 1. The summed E-state index contributed by atoms with van der Waals surface area (Å²) in [6.07, 6.45) is 1.71. The van der Waals surface area contributed by atoms with Crippen LogP contribution in [0.3, 0.4) is 0 Å². The van der Waals surface area contributed by atoms with Crippen LogP contribution in [0.2, 0.25) is 0 Å². The van der Waals surface area contributed by atoms with E-state index >= 15 is 0 Å². The molecule has 1 saturated carbocycles. The fourth-order valence-electron chi connectivity index (χ4n) is 3.57. The van der Waals surface area contributed by atoms with Crippen molar-refractivity contribution in [1.29, 1.82) is 0 Å². The van der Waals surface area contributed by atoms with Gasteiger partial charge in [-0.3, -0.25) is 0 Å². The summed E-state index contributed by atoms with van der Waals surface area (Å²) in [6.45, 7) is 3.30. The van der Waals surface area contributed by atoms with Gasteiger partial charge in [-0.05, 0) is 30.9 Å². The van der Waals surface area contributed by atoms with Crippen LogP contribution in [0, 0.1) is 11.8 Å². The molecule has 4 nitrogen and oxygen atoms in total. The van der Waals surface area contributed by atoms with Crippen molar-refractivity contribution in [2.24, 2.45) is 11.8 Å². The zero-order valence-corrected chi connectivity index (χ0v) is 12.5. The molecular weight excluding hydrogens is 274 g/mol.